The molecule has 3 N–H and O–H groups in total. The SMILES string of the molecule is CCCOc1ccc(/C=C/C(=O)NCc2ccc(S(N)(=O)=O)cc2)cc1[N+](=O)[O-]. The number of rotatable bonds is 9. The summed E-state index contributed by atoms with van der Waals surface area (Å²) in [5.41, 5.74) is 0.997. The van der Waals surface area contributed by atoms with E-state index in [2.05, 4.69) is 5.32 Å². The fraction of sp³-hybridized carbons (Fsp3) is 0.211. The van der Waals surface area contributed by atoms with Gasteiger partial charge in [-0.3, -0.25) is 14.9 Å². The molecule has 0 radical (unpaired) electrons. The highest BCUT2D eigenvalue weighted by molar-refractivity contribution is 7.89. The van der Waals surface area contributed by atoms with Crippen LogP contribution in [0.25, 0.3) is 6.08 Å². The Bertz CT molecular complexity index is 1020. The molecule has 154 valence electrons. The maximum absolute atomic E-state index is 12.0. The smallest absolute Gasteiger partial charge is 0.311 e. The summed E-state index contributed by atoms with van der Waals surface area (Å²) >= 11 is 0. The number of amides is 1. The third-order valence-electron chi connectivity index (χ3n) is 3.79. The molecule has 0 unspecified atom stereocenters. The van der Waals surface area contributed by atoms with Gasteiger partial charge in [-0.05, 0) is 41.8 Å². The van der Waals surface area contributed by atoms with Crippen molar-refractivity contribution in [2.75, 3.05) is 6.61 Å². The average molecular weight is 419 g/mol. The second-order valence-corrected chi connectivity index (χ2v) is 7.63. The van der Waals surface area contributed by atoms with Gasteiger partial charge in [-0.1, -0.05) is 25.1 Å². The molecule has 0 saturated heterocycles. The number of carbonyl (C=O) groups excluding carboxylic acids is 1. The summed E-state index contributed by atoms with van der Waals surface area (Å²) in [5, 5.41) is 18.9. The van der Waals surface area contributed by atoms with Crippen LogP contribution in [0.3, 0.4) is 0 Å². The molecule has 2 rings (SSSR count). The molecule has 0 aliphatic carbocycles. The van der Waals surface area contributed by atoms with Crippen molar-refractivity contribution in [3.63, 3.8) is 0 Å². The van der Waals surface area contributed by atoms with Gasteiger partial charge in [0.25, 0.3) is 0 Å². The van der Waals surface area contributed by atoms with Crippen LogP contribution in [0, 0.1) is 10.1 Å². The van der Waals surface area contributed by atoms with Gasteiger partial charge in [0, 0.05) is 18.7 Å². The van der Waals surface area contributed by atoms with Crippen LogP contribution < -0.4 is 15.2 Å². The number of sulfonamides is 1. The van der Waals surface area contributed by atoms with Gasteiger partial charge in [-0.15, -0.1) is 0 Å². The molecular weight excluding hydrogens is 398 g/mol. The molecule has 2 aromatic rings. The Balaban J connectivity index is 1.99. The summed E-state index contributed by atoms with van der Waals surface area (Å²) in [6.45, 7) is 2.45. The van der Waals surface area contributed by atoms with Crippen molar-refractivity contribution in [2.45, 2.75) is 24.8 Å². The Morgan fingerprint density at radius 1 is 1.24 bits per heavy atom. The van der Waals surface area contributed by atoms with Crippen molar-refractivity contribution in [2.24, 2.45) is 5.14 Å². The molecule has 0 atom stereocenters. The number of primary sulfonamides is 1. The van der Waals surface area contributed by atoms with Crippen LogP contribution in [-0.2, 0) is 21.4 Å². The molecule has 9 nitrogen and oxygen atoms in total. The first kappa shape index (κ1) is 22.1. The Labute approximate surface area is 168 Å². The Kier molecular flexibility index (Phi) is 7.46. The fourth-order valence-corrected chi connectivity index (χ4v) is 2.85. The Morgan fingerprint density at radius 2 is 1.93 bits per heavy atom. The lowest BCUT2D eigenvalue weighted by atomic mass is 10.1. The molecule has 2 aromatic carbocycles. The number of nitro benzene ring substituents is 1. The van der Waals surface area contributed by atoms with Crippen molar-refractivity contribution in [1.82, 2.24) is 5.32 Å². The van der Waals surface area contributed by atoms with Crippen LogP contribution in [0.4, 0.5) is 5.69 Å². The molecule has 0 saturated carbocycles. The number of benzene rings is 2. The summed E-state index contributed by atoms with van der Waals surface area (Å²) in [5.74, 6) is -0.226. The van der Waals surface area contributed by atoms with E-state index < -0.39 is 20.9 Å². The molecule has 1 amide bonds. The molecule has 0 aromatic heterocycles. The van der Waals surface area contributed by atoms with Crippen molar-refractivity contribution in [3.05, 3.63) is 69.8 Å². The lowest BCUT2D eigenvalue weighted by molar-refractivity contribution is -0.385. The molecule has 0 fully saturated rings. The normalized spacial score (nSPS) is 11.4. The van der Waals surface area contributed by atoms with Crippen molar-refractivity contribution >= 4 is 27.7 Å². The highest BCUT2D eigenvalue weighted by atomic mass is 32.2. The van der Waals surface area contributed by atoms with Gasteiger partial charge in [0.2, 0.25) is 15.9 Å². The van der Waals surface area contributed by atoms with Crippen LogP contribution in [0.1, 0.15) is 24.5 Å². The molecule has 0 heterocycles. The predicted molar refractivity (Wildman–Crippen MR) is 108 cm³/mol. The van der Waals surface area contributed by atoms with E-state index in [1.807, 2.05) is 6.92 Å². The zero-order chi connectivity index (χ0) is 21.4. The van der Waals surface area contributed by atoms with Crippen LogP contribution >= 0.6 is 0 Å². The van der Waals surface area contributed by atoms with E-state index in [-0.39, 0.29) is 22.9 Å². The molecule has 0 aliphatic heterocycles. The quantitative estimate of drug-likeness (QED) is 0.363. The topological polar surface area (TPSA) is 142 Å². The summed E-state index contributed by atoms with van der Waals surface area (Å²) in [7, 11) is -3.76. The number of nitrogens with one attached hydrogen (secondary N) is 1. The summed E-state index contributed by atoms with van der Waals surface area (Å²) < 4.78 is 27.8. The summed E-state index contributed by atoms with van der Waals surface area (Å²) in [4.78, 5) is 22.6. The molecular formula is C19H21N3O6S. The van der Waals surface area contributed by atoms with Gasteiger partial charge in [0.05, 0.1) is 16.4 Å². The number of nitrogens with two attached hydrogens (primary N) is 1. The molecule has 0 bridgehead atoms. The second-order valence-electron chi connectivity index (χ2n) is 6.07. The number of hydrogen-bond acceptors (Lipinski definition) is 6. The Hall–Kier alpha value is -3.24. The van der Waals surface area contributed by atoms with Crippen LogP contribution in [0.2, 0.25) is 0 Å². The third kappa shape index (κ3) is 6.70. The van der Waals surface area contributed by atoms with E-state index in [0.29, 0.717) is 17.7 Å². The van der Waals surface area contributed by atoms with E-state index in [0.717, 1.165) is 6.42 Å². The van der Waals surface area contributed by atoms with E-state index in [9.17, 15) is 23.3 Å². The first-order valence-corrected chi connectivity index (χ1v) is 10.2. The van der Waals surface area contributed by atoms with Crippen LogP contribution in [0.15, 0.2) is 53.4 Å². The van der Waals surface area contributed by atoms with Gasteiger partial charge in [0.1, 0.15) is 0 Å². The first-order chi connectivity index (χ1) is 13.7. The molecule has 10 heteroatoms. The summed E-state index contributed by atoms with van der Waals surface area (Å²) in [6, 6.07) is 10.2. The van der Waals surface area contributed by atoms with E-state index in [1.54, 1.807) is 18.2 Å². The summed E-state index contributed by atoms with van der Waals surface area (Å²) in [6.07, 6.45) is 3.43. The van der Waals surface area contributed by atoms with E-state index >= 15 is 0 Å². The van der Waals surface area contributed by atoms with Crippen LogP contribution in [-0.4, -0.2) is 25.9 Å². The third-order valence-corrected chi connectivity index (χ3v) is 4.72. The number of hydrogen-bond donors (Lipinski definition) is 2. The standard InChI is InChI=1S/C19H21N3O6S/c1-2-11-28-18-9-5-14(12-17(18)22(24)25)6-10-19(23)21-13-15-3-7-16(8-4-15)29(20,26)27/h3-10,12H,2,11,13H2,1H3,(H,21,23)(H2,20,26,27)/b10-6+. The zero-order valence-electron chi connectivity index (χ0n) is 15.7. The molecule has 29 heavy (non-hydrogen) atoms. The van der Waals surface area contributed by atoms with Gasteiger partial charge < -0.3 is 10.1 Å². The predicted octanol–water partition coefficient (Wildman–Crippen LogP) is 2.36. The lowest BCUT2D eigenvalue weighted by Crippen LogP contribution is -2.20. The van der Waals surface area contributed by atoms with Gasteiger partial charge >= 0.3 is 5.69 Å². The number of nitrogens with zero attached hydrogens (tertiary/aromatic N) is 1. The second kappa shape index (κ2) is 9.80. The minimum Gasteiger partial charge on any atom is -0.487 e. The van der Waals surface area contributed by atoms with Crippen molar-refractivity contribution < 1.29 is 22.9 Å². The highest BCUT2D eigenvalue weighted by Gasteiger charge is 2.15. The minimum atomic E-state index is -3.76. The number of nitro groups is 1. The van der Waals surface area contributed by atoms with Crippen molar-refractivity contribution in [1.29, 1.82) is 0 Å². The van der Waals surface area contributed by atoms with E-state index in [1.165, 1.54) is 36.4 Å². The van der Waals surface area contributed by atoms with Gasteiger partial charge in [0.15, 0.2) is 5.75 Å². The zero-order valence-corrected chi connectivity index (χ0v) is 16.5. The van der Waals surface area contributed by atoms with Crippen molar-refractivity contribution in [3.8, 4) is 5.75 Å². The van der Waals surface area contributed by atoms with E-state index in [4.69, 9.17) is 9.88 Å². The minimum absolute atomic E-state index is 0.0135. The molecule has 0 aliphatic rings. The first-order valence-electron chi connectivity index (χ1n) is 8.69. The monoisotopic (exact) mass is 419 g/mol. The largest absolute Gasteiger partial charge is 0.487 e. The maximum Gasteiger partial charge on any atom is 0.311 e. The number of carbonyl (C=O) groups is 1. The maximum atomic E-state index is 12.0. The Morgan fingerprint density at radius 3 is 2.52 bits per heavy atom. The highest BCUT2D eigenvalue weighted by Crippen LogP contribution is 2.28. The fourth-order valence-electron chi connectivity index (χ4n) is 2.33. The number of ether oxygens (including phenoxy) is 1. The average Bonchev–Trinajstić information content (AvgIpc) is 2.69. The lowest BCUT2D eigenvalue weighted by Gasteiger charge is -2.06. The van der Waals surface area contributed by atoms with Crippen LogP contribution in [0.5, 0.6) is 5.75 Å². The van der Waals surface area contributed by atoms with Gasteiger partial charge in [-0.25, -0.2) is 13.6 Å². The van der Waals surface area contributed by atoms with Gasteiger partial charge in [-0.2, -0.15) is 0 Å². The molecule has 0 spiro atoms.